The van der Waals surface area contributed by atoms with Crippen LogP contribution < -0.4 is 10.5 Å². The van der Waals surface area contributed by atoms with Crippen LogP contribution in [0.25, 0.3) is 11.7 Å². The highest BCUT2D eigenvalue weighted by Gasteiger charge is 2.33. The van der Waals surface area contributed by atoms with E-state index in [2.05, 4.69) is 4.90 Å². The molecule has 168 valence electrons. The molecule has 1 aromatic carbocycles. The number of thioether (sulfide) groups is 1. The number of aryl methyl sites for hydroxylation is 1. The minimum Gasteiger partial charge on any atom is -0.356 e. The van der Waals surface area contributed by atoms with Crippen molar-refractivity contribution in [2.24, 2.45) is 0 Å². The molecular formula is C25H24N4O2S2. The monoisotopic (exact) mass is 476 g/mol. The second-order valence-corrected chi connectivity index (χ2v) is 10.0. The average Bonchev–Trinajstić information content (AvgIpc) is 3.44. The first-order chi connectivity index (χ1) is 16.0. The average molecular weight is 477 g/mol. The third-order valence-corrected chi connectivity index (χ3v) is 7.38. The Balaban J connectivity index is 1.52. The third kappa shape index (κ3) is 4.32. The Kier molecular flexibility index (Phi) is 6.03. The molecule has 2 aromatic heterocycles. The van der Waals surface area contributed by atoms with E-state index in [9.17, 15) is 9.59 Å². The van der Waals surface area contributed by atoms with E-state index in [-0.39, 0.29) is 11.5 Å². The molecule has 8 heteroatoms. The first-order valence-corrected chi connectivity index (χ1v) is 12.3. The van der Waals surface area contributed by atoms with Gasteiger partial charge in [0.25, 0.3) is 11.5 Å². The van der Waals surface area contributed by atoms with Crippen molar-refractivity contribution in [1.29, 1.82) is 0 Å². The van der Waals surface area contributed by atoms with Gasteiger partial charge in [0.1, 0.15) is 15.8 Å². The summed E-state index contributed by atoms with van der Waals surface area (Å²) in [5.74, 6) is 0.498. The molecule has 2 aliphatic heterocycles. The van der Waals surface area contributed by atoms with E-state index in [1.54, 1.807) is 21.6 Å². The molecule has 0 atom stereocenters. The first-order valence-electron chi connectivity index (χ1n) is 11.1. The maximum absolute atomic E-state index is 13.5. The van der Waals surface area contributed by atoms with Gasteiger partial charge < -0.3 is 4.90 Å². The number of hydrogen-bond acceptors (Lipinski definition) is 6. The molecule has 1 amide bonds. The summed E-state index contributed by atoms with van der Waals surface area (Å²) in [5, 5.41) is 0. The van der Waals surface area contributed by atoms with Crippen molar-refractivity contribution >= 4 is 51.7 Å². The highest BCUT2D eigenvalue weighted by molar-refractivity contribution is 8.26. The minimum atomic E-state index is -0.167. The number of rotatable bonds is 5. The molecule has 0 N–H and O–H groups in total. The molecule has 0 radical (unpaired) electrons. The Morgan fingerprint density at radius 3 is 2.61 bits per heavy atom. The van der Waals surface area contributed by atoms with Gasteiger partial charge in [0, 0.05) is 25.8 Å². The van der Waals surface area contributed by atoms with Crippen LogP contribution in [0.3, 0.4) is 0 Å². The number of aromatic nitrogens is 2. The molecule has 0 unspecified atom stereocenters. The van der Waals surface area contributed by atoms with Crippen molar-refractivity contribution in [3.05, 3.63) is 80.6 Å². The summed E-state index contributed by atoms with van der Waals surface area (Å²) in [5.41, 5.74) is 3.02. The van der Waals surface area contributed by atoms with E-state index in [0.29, 0.717) is 32.8 Å². The number of hydrogen-bond donors (Lipinski definition) is 0. The predicted octanol–water partition coefficient (Wildman–Crippen LogP) is 4.05. The molecule has 0 saturated carbocycles. The van der Waals surface area contributed by atoms with Gasteiger partial charge in [-0.2, -0.15) is 0 Å². The van der Waals surface area contributed by atoms with E-state index in [1.807, 2.05) is 49.4 Å². The fraction of sp³-hybridized carbons (Fsp3) is 0.280. The number of amides is 1. The van der Waals surface area contributed by atoms with Crippen LogP contribution in [0.15, 0.2) is 58.4 Å². The van der Waals surface area contributed by atoms with E-state index in [1.165, 1.54) is 11.8 Å². The fourth-order valence-corrected chi connectivity index (χ4v) is 5.54. The molecule has 3 aromatic rings. The van der Waals surface area contributed by atoms with Gasteiger partial charge in [-0.3, -0.25) is 18.9 Å². The Morgan fingerprint density at radius 2 is 1.85 bits per heavy atom. The summed E-state index contributed by atoms with van der Waals surface area (Å²) >= 11 is 6.77. The van der Waals surface area contributed by atoms with Crippen molar-refractivity contribution in [1.82, 2.24) is 14.3 Å². The number of thiocarbonyl (C=S) groups is 1. The number of carbonyl (C=O) groups is 1. The summed E-state index contributed by atoms with van der Waals surface area (Å²) in [6, 6.07) is 13.8. The Morgan fingerprint density at radius 1 is 1.09 bits per heavy atom. The number of benzene rings is 1. The van der Waals surface area contributed by atoms with Crippen molar-refractivity contribution in [2.75, 3.05) is 24.5 Å². The smallest absolute Gasteiger partial charge is 0.267 e. The molecule has 0 spiro atoms. The second kappa shape index (κ2) is 9.11. The summed E-state index contributed by atoms with van der Waals surface area (Å²) in [6.07, 6.45) is 6.34. The van der Waals surface area contributed by atoms with Gasteiger partial charge in [0.05, 0.1) is 10.5 Å². The topological polar surface area (TPSA) is 57.9 Å². The quantitative estimate of drug-likeness (QED) is 0.409. The lowest BCUT2D eigenvalue weighted by Crippen LogP contribution is -2.30. The van der Waals surface area contributed by atoms with Crippen molar-refractivity contribution < 1.29 is 4.79 Å². The Labute approximate surface area is 201 Å². The SMILES string of the molecule is Cc1ccc2nc(N3CCCC3)c(/C=C3/SC(=S)N(CCc4ccccc4)C3=O)c(=O)n2c1. The minimum absolute atomic E-state index is 0.151. The van der Waals surface area contributed by atoms with Crippen LogP contribution in [0, 0.1) is 6.92 Å². The number of anilines is 1. The van der Waals surface area contributed by atoms with Gasteiger partial charge in [0.2, 0.25) is 0 Å². The standard InChI is InChI=1S/C25H24N4O2S2/c1-17-9-10-21-26-22(27-12-5-6-13-27)19(23(30)29(21)16-17)15-20-24(31)28(25(32)33-20)14-11-18-7-3-2-4-8-18/h2-4,7-10,15-16H,5-6,11-14H2,1H3/b20-15+. The van der Waals surface area contributed by atoms with Crippen molar-refractivity contribution in [3.63, 3.8) is 0 Å². The summed E-state index contributed by atoms with van der Waals surface area (Å²) < 4.78 is 2.09. The van der Waals surface area contributed by atoms with Gasteiger partial charge in [-0.1, -0.05) is 60.4 Å². The molecule has 33 heavy (non-hydrogen) atoms. The lowest BCUT2D eigenvalue weighted by atomic mass is 10.1. The predicted molar refractivity (Wildman–Crippen MR) is 138 cm³/mol. The van der Waals surface area contributed by atoms with Crippen LogP contribution in [0.1, 0.15) is 29.5 Å². The molecule has 5 rings (SSSR count). The van der Waals surface area contributed by atoms with Gasteiger partial charge in [-0.25, -0.2) is 4.98 Å². The molecule has 4 heterocycles. The van der Waals surface area contributed by atoms with E-state index < -0.39 is 0 Å². The molecule has 2 aliphatic rings. The van der Waals surface area contributed by atoms with Crippen LogP contribution >= 0.6 is 24.0 Å². The zero-order valence-corrected chi connectivity index (χ0v) is 20.0. The van der Waals surface area contributed by atoms with Gasteiger partial charge >= 0.3 is 0 Å². The van der Waals surface area contributed by atoms with E-state index in [4.69, 9.17) is 17.2 Å². The Bertz CT molecular complexity index is 1330. The number of pyridine rings is 1. The zero-order chi connectivity index (χ0) is 22.9. The lowest BCUT2D eigenvalue weighted by molar-refractivity contribution is -0.122. The van der Waals surface area contributed by atoms with Crippen LogP contribution in [-0.2, 0) is 11.2 Å². The number of fused-ring (bicyclic) bond motifs is 1. The molecular weight excluding hydrogens is 452 g/mol. The second-order valence-electron chi connectivity index (χ2n) is 8.35. The molecule has 0 aliphatic carbocycles. The highest BCUT2D eigenvalue weighted by atomic mass is 32.2. The van der Waals surface area contributed by atoms with Gasteiger partial charge in [-0.15, -0.1) is 0 Å². The number of carbonyl (C=O) groups excluding carboxylic acids is 1. The van der Waals surface area contributed by atoms with Crippen LogP contribution in [0.5, 0.6) is 0 Å². The third-order valence-electron chi connectivity index (χ3n) is 6.01. The maximum atomic E-state index is 13.5. The summed E-state index contributed by atoms with van der Waals surface area (Å²) in [6.45, 7) is 4.16. The molecule has 0 bridgehead atoms. The Hall–Kier alpha value is -2.97. The van der Waals surface area contributed by atoms with Crippen LogP contribution in [0.2, 0.25) is 0 Å². The highest BCUT2D eigenvalue weighted by Crippen LogP contribution is 2.34. The van der Waals surface area contributed by atoms with Crippen LogP contribution in [0.4, 0.5) is 5.82 Å². The summed E-state index contributed by atoms with van der Waals surface area (Å²) in [7, 11) is 0. The van der Waals surface area contributed by atoms with Crippen molar-refractivity contribution in [2.45, 2.75) is 26.2 Å². The van der Waals surface area contributed by atoms with E-state index >= 15 is 0 Å². The first kappa shape index (κ1) is 21.9. The van der Waals surface area contributed by atoms with Crippen molar-refractivity contribution in [3.8, 4) is 0 Å². The molecule has 2 fully saturated rings. The largest absolute Gasteiger partial charge is 0.356 e. The van der Waals surface area contributed by atoms with Gasteiger partial charge in [0.15, 0.2) is 0 Å². The zero-order valence-electron chi connectivity index (χ0n) is 18.4. The molecule has 6 nitrogen and oxygen atoms in total. The molecule has 2 saturated heterocycles. The normalized spacial score (nSPS) is 17.7. The van der Waals surface area contributed by atoms with Gasteiger partial charge in [-0.05, 0) is 49.5 Å². The fourth-order valence-electron chi connectivity index (χ4n) is 4.25. The maximum Gasteiger partial charge on any atom is 0.267 e. The lowest BCUT2D eigenvalue weighted by Gasteiger charge is -2.19. The number of nitrogens with zero attached hydrogens (tertiary/aromatic N) is 4. The van der Waals surface area contributed by atoms with E-state index in [0.717, 1.165) is 43.5 Å². The summed E-state index contributed by atoms with van der Waals surface area (Å²) in [4.78, 5) is 35.8. The van der Waals surface area contributed by atoms with Crippen LogP contribution in [-0.4, -0.2) is 44.1 Å².